The summed E-state index contributed by atoms with van der Waals surface area (Å²) >= 11 is 0. The number of nitrogens with zero attached hydrogens (tertiary/aromatic N) is 5. The topological polar surface area (TPSA) is 77.6 Å². The number of pyridine rings is 1. The molecule has 148 valence electrons. The second-order valence-electron chi connectivity index (χ2n) is 7.92. The molecule has 0 aromatic carbocycles. The van der Waals surface area contributed by atoms with Gasteiger partial charge in [0.2, 0.25) is 0 Å². The van der Waals surface area contributed by atoms with Crippen LogP contribution in [0.1, 0.15) is 53.9 Å². The molecule has 0 fully saturated rings. The van der Waals surface area contributed by atoms with Crippen LogP contribution in [-0.4, -0.2) is 36.5 Å². The summed E-state index contributed by atoms with van der Waals surface area (Å²) < 4.78 is 4.31. The lowest BCUT2D eigenvalue weighted by Crippen LogP contribution is -2.30. The molecule has 7 heteroatoms. The fourth-order valence-electron chi connectivity index (χ4n) is 3.95. The largest absolute Gasteiger partial charge is 0.352 e. The maximum atomic E-state index is 13.0. The van der Waals surface area contributed by atoms with Gasteiger partial charge in [0.05, 0.1) is 5.56 Å². The van der Waals surface area contributed by atoms with Crippen LogP contribution < -0.4 is 5.32 Å². The number of amides is 1. The van der Waals surface area contributed by atoms with Crippen LogP contribution in [0.3, 0.4) is 0 Å². The first-order valence-electron chi connectivity index (χ1n) is 10.2. The maximum absolute atomic E-state index is 13.0. The van der Waals surface area contributed by atoms with E-state index in [2.05, 4.69) is 26.4 Å². The average Bonchev–Trinajstić information content (AvgIpc) is 3.13. The molecule has 0 saturated carbocycles. The molecule has 28 heavy (non-hydrogen) atoms. The van der Waals surface area contributed by atoms with E-state index in [4.69, 9.17) is 9.97 Å². The van der Waals surface area contributed by atoms with Crippen molar-refractivity contribution in [2.45, 2.75) is 59.5 Å². The summed E-state index contributed by atoms with van der Waals surface area (Å²) in [5.41, 5.74) is 3.07. The summed E-state index contributed by atoms with van der Waals surface area (Å²) in [6, 6.07) is 1.86. The third-order valence-electron chi connectivity index (χ3n) is 5.48. The van der Waals surface area contributed by atoms with Gasteiger partial charge in [-0.15, -0.1) is 0 Å². The van der Waals surface area contributed by atoms with Gasteiger partial charge < -0.3 is 14.5 Å². The third-order valence-corrected chi connectivity index (χ3v) is 5.48. The van der Waals surface area contributed by atoms with Crippen molar-refractivity contribution in [3.8, 4) is 0 Å². The predicted molar refractivity (Wildman–Crippen MR) is 108 cm³/mol. The summed E-state index contributed by atoms with van der Waals surface area (Å²) in [6.07, 6.45) is 8.24. The van der Waals surface area contributed by atoms with Gasteiger partial charge in [-0.25, -0.2) is 15.0 Å². The normalized spacial score (nSPS) is 15.2. The highest BCUT2D eigenvalue weighted by atomic mass is 16.1. The summed E-state index contributed by atoms with van der Waals surface area (Å²) in [4.78, 5) is 26.7. The van der Waals surface area contributed by atoms with Crippen LogP contribution in [0, 0.1) is 19.8 Å². The van der Waals surface area contributed by atoms with Crippen LogP contribution in [0.4, 0.5) is 0 Å². The smallest absolute Gasteiger partial charge is 0.253 e. The predicted octanol–water partition coefficient (Wildman–Crippen LogP) is 3.04. The molecule has 3 aromatic heterocycles. The third kappa shape index (κ3) is 3.66. The SMILES string of the molecule is Cc1cc(C(=O)NC[C@@H](C)Cn2ccnc2C)c2nc3n(c2n1)CCCCC3. The monoisotopic (exact) mass is 380 g/mol. The minimum Gasteiger partial charge on any atom is -0.352 e. The number of aromatic nitrogens is 5. The molecular formula is C21H28N6O. The molecular weight excluding hydrogens is 352 g/mol. The van der Waals surface area contributed by atoms with Gasteiger partial charge >= 0.3 is 0 Å². The summed E-state index contributed by atoms with van der Waals surface area (Å²) in [5.74, 6) is 2.28. The first-order chi connectivity index (χ1) is 13.5. The van der Waals surface area contributed by atoms with E-state index in [-0.39, 0.29) is 5.91 Å². The Balaban J connectivity index is 1.53. The minimum absolute atomic E-state index is 0.0713. The number of fused-ring (bicyclic) bond motifs is 3. The quantitative estimate of drug-likeness (QED) is 0.738. The minimum atomic E-state index is -0.0713. The molecule has 7 nitrogen and oxygen atoms in total. The molecule has 1 atom stereocenters. The molecule has 4 heterocycles. The molecule has 0 aliphatic carbocycles. The van der Waals surface area contributed by atoms with Gasteiger partial charge in [0.25, 0.3) is 5.91 Å². The van der Waals surface area contributed by atoms with E-state index in [1.165, 1.54) is 6.42 Å². The number of carbonyl (C=O) groups excluding carboxylic acids is 1. The van der Waals surface area contributed by atoms with E-state index < -0.39 is 0 Å². The van der Waals surface area contributed by atoms with E-state index in [1.54, 1.807) is 6.20 Å². The zero-order valence-electron chi connectivity index (χ0n) is 16.9. The summed E-state index contributed by atoms with van der Waals surface area (Å²) in [6.45, 7) is 8.43. The molecule has 0 radical (unpaired) electrons. The van der Waals surface area contributed by atoms with E-state index in [9.17, 15) is 4.79 Å². The number of hydrogen-bond donors (Lipinski definition) is 1. The first kappa shape index (κ1) is 18.7. The Labute approximate surface area is 165 Å². The maximum Gasteiger partial charge on any atom is 0.253 e. The zero-order valence-corrected chi connectivity index (χ0v) is 16.9. The van der Waals surface area contributed by atoms with Crippen LogP contribution in [-0.2, 0) is 19.5 Å². The molecule has 0 saturated heterocycles. The Morgan fingerprint density at radius 1 is 1.25 bits per heavy atom. The van der Waals surface area contributed by atoms with Crippen LogP contribution in [0.2, 0.25) is 0 Å². The summed E-state index contributed by atoms with van der Waals surface area (Å²) in [5, 5.41) is 3.09. The number of aryl methyl sites for hydroxylation is 4. The molecule has 3 aromatic rings. The van der Waals surface area contributed by atoms with Crippen LogP contribution in [0.15, 0.2) is 18.5 Å². The zero-order chi connectivity index (χ0) is 19.7. The van der Waals surface area contributed by atoms with Gasteiger partial charge in [0, 0.05) is 44.1 Å². The van der Waals surface area contributed by atoms with E-state index in [0.717, 1.165) is 60.9 Å². The molecule has 1 N–H and O–H groups in total. The van der Waals surface area contributed by atoms with Crippen molar-refractivity contribution in [3.05, 3.63) is 41.4 Å². The molecule has 1 amide bonds. The van der Waals surface area contributed by atoms with Gasteiger partial charge in [-0.3, -0.25) is 4.79 Å². The summed E-state index contributed by atoms with van der Waals surface area (Å²) in [7, 11) is 0. The number of hydrogen-bond acceptors (Lipinski definition) is 4. The number of carbonyl (C=O) groups is 1. The Kier molecular flexibility index (Phi) is 5.15. The Hall–Kier alpha value is -2.70. The van der Waals surface area contributed by atoms with E-state index in [0.29, 0.717) is 18.0 Å². The second kappa shape index (κ2) is 7.73. The number of imidazole rings is 2. The van der Waals surface area contributed by atoms with Gasteiger partial charge in [-0.1, -0.05) is 13.3 Å². The van der Waals surface area contributed by atoms with Crippen LogP contribution in [0.25, 0.3) is 11.2 Å². The van der Waals surface area contributed by atoms with E-state index >= 15 is 0 Å². The average molecular weight is 380 g/mol. The van der Waals surface area contributed by atoms with Gasteiger partial charge in [0.1, 0.15) is 17.2 Å². The van der Waals surface area contributed by atoms with E-state index in [1.807, 2.05) is 26.1 Å². The number of rotatable bonds is 5. The highest BCUT2D eigenvalue weighted by molar-refractivity contribution is 6.04. The number of nitrogens with one attached hydrogen (secondary N) is 1. The molecule has 1 aliphatic rings. The molecule has 0 spiro atoms. The van der Waals surface area contributed by atoms with Crippen molar-refractivity contribution < 1.29 is 4.79 Å². The lowest BCUT2D eigenvalue weighted by atomic mass is 10.1. The Bertz CT molecular complexity index is 1000. The van der Waals surface area contributed by atoms with Gasteiger partial charge in [0.15, 0.2) is 5.65 Å². The highest BCUT2D eigenvalue weighted by Gasteiger charge is 2.21. The van der Waals surface area contributed by atoms with Crippen molar-refractivity contribution in [2.24, 2.45) is 5.92 Å². The molecule has 0 bridgehead atoms. The fourth-order valence-corrected chi connectivity index (χ4v) is 3.95. The fraction of sp³-hybridized carbons (Fsp3) is 0.524. The van der Waals surface area contributed by atoms with Crippen molar-refractivity contribution in [1.82, 2.24) is 29.4 Å². The van der Waals surface area contributed by atoms with Gasteiger partial charge in [-0.2, -0.15) is 0 Å². The van der Waals surface area contributed by atoms with Gasteiger partial charge in [-0.05, 0) is 38.7 Å². The standard InChI is InChI=1S/C21H28N6O/c1-14(13-26-10-8-22-16(26)3)12-23-21(28)17-11-15(2)24-20-19(17)25-18-7-5-4-6-9-27(18)20/h8,10-11,14H,4-7,9,12-13H2,1-3H3,(H,23,28)/t14-/m1/s1. The lowest BCUT2D eigenvalue weighted by Gasteiger charge is -2.15. The van der Waals surface area contributed by atoms with Crippen LogP contribution >= 0.6 is 0 Å². The molecule has 4 rings (SSSR count). The Morgan fingerprint density at radius 2 is 2.11 bits per heavy atom. The molecule has 0 unspecified atom stereocenters. The van der Waals surface area contributed by atoms with Crippen molar-refractivity contribution in [3.63, 3.8) is 0 Å². The lowest BCUT2D eigenvalue weighted by molar-refractivity contribution is 0.0948. The molecule has 1 aliphatic heterocycles. The second-order valence-corrected chi connectivity index (χ2v) is 7.92. The Morgan fingerprint density at radius 3 is 2.89 bits per heavy atom. The van der Waals surface area contributed by atoms with Crippen molar-refractivity contribution in [2.75, 3.05) is 6.54 Å². The van der Waals surface area contributed by atoms with Crippen molar-refractivity contribution >= 4 is 17.1 Å². The van der Waals surface area contributed by atoms with Crippen LogP contribution in [0.5, 0.6) is 0 Å². The van der Waals surface area contributed by atoms with Crippen molar-refractivity contribution in [1.29, 1.82) is 0 Å². The highest BCUT2D eigenvalue weighted by Crippen LogP contribution is 2.24. The first-order valence-corrected chi connectivity index (χ1v) is 10.2.